The fourth-order valence-electron chi connectivity index (χ4n) is 5.14. The fourth-order valence-corrected chi connectivity index (χ4v) is 5.40. The average molecular weight is 407 g/mol. The van der Waals surface area contributed by atoms with E-state index in [2.05, 4.69) is 87.7 Å². The number of benzene rings is 2. The molecule has 2 unspecified atom stereocenters. The minimum Gasteiger partial charge on any atom is -0.479 e. The van der Waals surface area contributed by atoms with Gasteiger partial charge in [0.25, 0.3) is 0 Å². The fraction of sp³-hybridized carbons (Fsp3) is 0.423. The Kier molecular flexibility index (Phi) is 5.14. The van der Waals surface area contributed by atoms with Crippen molar-refractivity contribution in [3.05, 3.63) is 59.2 Å². The average Bonchev–Trinajstić information content (AvgIpc) is 2.81. The van der Waals surface area contributed by atoms with E-state index in [1.807, 2.05) is 0 Å². The van der Waals surface area contributed by atoms with Crippen LogP contribution in [0.1, 0.15) is 70.6 Å². The summed E-state index contributed by atoms with van der Waals surface area (Å²) in [6, 6.07) is 12.8. The number of fused-ring (bicyclic) bond motifs is 3. The van der Waals surface area contributed by atoms with Gasteiger partial charge in [0.2, 0.25) is 11.2 Å². The molecule has 1 aliphatic heterocycles. The normalized spacial score (nSPS) is 25.9. The van der Waals surface area contributed by atoms with Gasteiger partial charge in [0.15, 0.2) is 11.3 Å². The molecule has 0 amide bonds. The molecule has 2 atom stereocenters. The third kappa shape index (κ3) is 2.97. The highest BCUT2D eigenvalue weighted by atomic mass is 32.1. The Hall–Kier alpha value is -2.00. The van der Waals surface area contributed by atoms with Gasteiger partial charge in [-0.05, 0) is 49.4 Å². The van der Waals surface area contributed by atoms with Crippen LogP contribution in [0.25, 0.3) is 6.08 Å². The summed E-state index contributed by atoms with van der Waals surface area (Å²) < 4.78 is 9.43. The zero-order chi connectivity index (χ0) is 20.8. The molecule has 0 spiro atoms. The topological polar surface area (TPSA) is 12.2 Å². The Morgan fingerprint density at radius 2 is 1.83 bits per heavy atom. The first-order valence-electron chi connectivity index (χ1n) is 10.8. The summed E-state index contributed by atoms with van der Waals surface area (Å²) in [5.41, 5.74) is 5.83. The van der Waals surface area contributed by atoms with Crippen LogP contribution in [0, 0.1) is 0 Å². The summed E-state index contributed by atoms with van der Waals surface area (Å²) in [6.45, 7) is 11.4. The molecule has 0 saturated heterocycles. The summed E-state index contributed by atoms with van der Waals surface area (Å²) in [4.78, 5) is 0.998. The molecule has 0 aromatic heterocycles. The first-order valence-corrected chi connectivity index (χ1v) is 11.2. The summed E-state index contributed by atoms with van der Waals surface area (Å²) in [6.07, 6.45) is 8.55. The van der Waals surface area contributed by atoms with E-state index in [-0.39, 0.29) is 11.1 Å². The summed E-state index contributed by atoms with van der Waals surface area (Å²) >= 11 is 4.85. The molecule has 0 saturated carbocycles. The van der Waals surface area contributed by atoms with Crippen LogP contribution in [0.2, 0.25) is 0 Å². The second-order valence-electron chi connectivity index (χ2n) is 8.67. The number of hydrogen-bond donors (Lipinski definition) is 1. The van der Waals surface area contributed by atoms with Crippen molar-refractivity contribution in [1.29, 1.82) is 0 Å². The molecule has 0 N–H and O–H groups in total. The van der Waals surface area contributed by atoms with E-state index in [1.165, 1.54) is 22.4 Å². The first kappa shape index (κ1) is 20.3. The van der Waals surface area contributed by atoms with Gasteiger partial charge in [-0.3, -0.25) is 0 Å². The molecule has 1 aliphatic carbocycles. The molecule has 152 valence electrons. The number of allylic oxidation sites excluding steroid dienone is 1. The Labute approximate surface area is 180 Å². The Morgan fingerprint density at radius 1 is 1.07 bits per heavy atom. The Balaban J connectivity index is 2.14. The van der Waals surface area contributed by atoms with Gasteiger partial charge in [-0.1, -0.05) is 44.2 Å². The van der Waals surface area contributed by atoms with Crippen molar-refractivity contribution in [2.24, 2.45) is 0 Å². The van der Waals surface area contributed by atoms with E-state index < -0.39 is 0 Å². The molecule has 1 heterocycles. The molecular weight excluding hydrogens is 374 g/mol. The lowest BCUT2D eigenvalue weighted by molar-refractivity contribution is -0.556. The van der Waals surface area contributed by atoms with Crippen molar-refractivity contribution in [1.82, 2.24) is 0 Å². The molecule has 2 aromatic rings. The molecule has 2 aliphatic rings. The third-order valence-corrected chi connectivity index (χ3v) is 7.70. The lowest BCUT2D eigenvalue weighted by Gasteiger charge is -2.41. The van der Waals surface area contributed by atoms with Crippen LogP contribution < -0.4 is 4.74 Å². The van der Waals surface area contributed by atoms with Gasteiger partial charge < -0.3 is 4.74 Å². The minimum absolute atomic E-state index is 0.221. The Morgan fingerprint density at radius 3 is 2.52 bits per heavy atom. The van der Waals surface area contributed by atoms with Crippen molar-refractivity contribution < 1.29 is 9.31 Å². The molecule has 29 heavy (non-hydrogen) atoms. The second kappa shape index (κ2) is 7.36. The zero-order valence-electron chi connectivity index (χ0n) is 18.2. The number of ether oxygens (including phenoxy) is 1. The van der Waals surface area contributed by atoms with Crippen molar-refractivity contribution in [2.45, 2.75) is 76.3 Å². The highest BCUT2D eigenvalue weighted by Crippen LogP contribution is 2.46. The van der Waals surface area contributed by atoms with Crippen molar-refractivity contribution in [3.63, 3.8) is 0 Å². The van der Waals surface area contributed by atoms with E-state index in [0.29, 0.717) is 0 Å². The van der Waals surface area contributed by atoms with E-state index in [0.717, 1.165) is 42.0 Å². The summed E-state index contributed by atoms with van der Waals surface area (Å²) in [5.74, 6) is 1.01. The van der Waals surface area contributed by atoms with Crippen LogP contribution in [0.4, 0.5) is 5.69 Å². The molecular formula is C26H32NOS+. The number of para-hydroxylation sites is 1. The molecule has 0 fully saturated rings. The van der Waals surface area contributed by atoms with E-state index >= 15 is 0 Å². The van der Waals surface area contributed by atoms with Crippen LogP contribution >= 0.6 is 12.6 Å². The molecule has 2 aromatic carbocycles. The maximum absolute atomic E-state index is 6.92. The number of nitrogens with zero attached hydrogens (tertiary/aromatic N) is 1. The maximum atomic E-state index is 6.92. The van der Waals surface area contributed by atoms with Gasteiger partial charge in [0, 0.05) is 26.3 Å². The van der Waals surface area contributed by atoms with Gasteiger partial charge in [-0.25, -0.2) is 0 Å². The van der Waals surface area contributed by atoms with Gasteiger partial charge in [-0.15, -0.1) is 12.6 Å². The maximum Gasteiger partial charge on any atom is 0.219 e. The monoisotopic (exact) mass is 406 g/mol. The Bertz CT molecular complexity index is 1020. The minimum atomic E-state index is -0.344. The van der Waals surface area contributed by atoms with Gasteiger partial charge >= 0.3 is 0 Å². The van der Waals surface area contributed by atoms with Gasteiger partial charge in [0.05, 0.1) is 10.5 Å². The van der Waals surface area contributed by atoms with Crippen molar-refractivity contribution in [3.8, 4) is 5.75 Å². The molecule has 0 bridgehead atoms. The number of thiol groups is 1. The van der Waals surface area contributed by atoms with Crippen LogP contribution in [-0.4, -0.2) is 21.4 Å². The molecule has 2 nitrogen and oxygen atoms in total. The second-order valence-corrected chi connectivity index (χ2v) is 9.15. The highest BCUT2D eigenvalue weighted by Gasteiger charge is 2.57. The first-order chi connectivity index (χ1) is 13.9. The standard InChI is InChI=1S/C26H31NOS/c1-6-25(4)26(5,7-2)28-22-17-16-19-12-8-9-13-20(19)24(22)18(3)27(25)21-14-10-11-15-23(21)29/h8,10-12,14-17H,6-7,9,13H2,1-5H3/p+1. The van der Waals surface area contributed by atoms with E-state index in [9.17, 15) is 0 Å². The predicted octanol–water partition coefficient (Wildman–Crippen LogP) is 6.82. The van der Waals surface area contributed by atoms with E-state index in [1.54, 1.807) is 0 Å². The van der Waals surface area contributed by atoms with Crippen LogP contribution in [-0.2, 0) is 6.42 Å². The predicted molar refractivity (Wildman–Crippen MR) is 125 cm³/mol. The smallest absolute Gasteiger partial charge is 0.219 e. The highest BCUT2D eigenvalue weighted by molar-refractivity contribution is 7.80. The molecule has 0 radical (unpaired) electrons. The summed E-state index contributed by atoms with van der Waals surface area (Å²) in [5, 5.41) is 0. The van der Waals surface area contributed by atoms with Crippen LogP contribution in [0.15, 0.2) is 47.4 Å². The quantitative estimate of drug-likeness (QED) is 0.436. The van der Waals surface area contributed by atoms with Crippen LogP contribution in [0.3, 0.4) is 0 Å². The lowest BCUT2D eigenvalue weighted by atomic mass is 9.77. The molecule has 3 heteroatoms. The summed E-state index contributed by atoms with van der Waals surface area (Å²) in [7, 11) is 0. The largest absolute Gasteiger partial charge is 0.479 e. The third-order valence-electron chi connectivity index (χ3n) is 7.32. The van der Waals surface area contributed by atoms with E-state index in [4.69, 9.17) is 17.4 Å². The molecule has 4 rings (SSSR count). The number of rotatable bonds is 3. The lowest BCUT2D eigenvalue weighted by Crippen LogP contribution is -2.59. The number of hydrogen-bond acceptors (Lipinski definition) is 2. The van der Waals surface area contributed by atoms with Crippen molar-refractivity contribution >= 4 is 30.1 Å². The van der Waals surface area contributed by atoms with Crippen LogP contribution in [0.5, 0.6) is 5.75 Å². The van der Waals surface area contributed by atoms with Gasteiger partial charge in [0.1, 0.15) is 5.75 Å². The van der Waals surface area contributed by atoms with Gasteiger partial charge in [-0.2, -0.15) is 4.58 Å². The van der Waals surface area contributed by atoms with Crippen molar-refractivity contribution in [2.75, 3.05) is 0 Å². The SMILES string of the molecule is CCC1(C)Oc2ccc3c(c2C(C)=[N+](c2ccccc2S)C1(C)CC)CCC=C3. The zero-order valence-corrected chi connectivity index (χ0v) is 19.1.